The van der Waals surface area contributed by atoms with Crippen LogP contribution in [0.5, 0.6) is 23.0 Å². The van der Waals surface area contributed by atoms with Crippen molar-refractivity contribution in [1.29, 1.82) is 0 Å². The van der Waals surface area contributed by atoms with Gasteiger partial charge in [-0.25, -0.2) is 29.9 Å². The number of benzene rings is 15. The predicted molar refractivity (Wildman–Crippen MR) is 440 cm³/mol. The van der Waals surface area contributed by atoms with E-state index >= 15 is 0 Å². The molecule has 0 N–H and O–H groups in total. The zero-order chi connectivity index (χ0) is 72.4. The number of rotatable bonds is 10. The van der Waals surface area contributed by atoms with E-state index in [1.165, 1.54) is 50.1 Å². The summed E-state index contributed by atoms with van der Waals surface area (Å²) < 4.78 is 13.8. The predicted octanol–water partition coefficient (Wildman–Crippen LogP) is 24.6. The molecule has 3 aliphatic carbocycles. The Morgan fingerprint density at radius 1 is 0.236 bits per heavy atom. The maximum Gasteiger partial charge on any atom is 0.164 e. The van der Waals surface area contributed by atoms with Crippen molar-refractivity contribution in [1.82, 2.24) is 29.9 Å². The first kappa shape index (κ1) is 63.0. The van der Waals surface area contributed by atoms with Crippen molar-refractivity contribution in [2.24, 2.45) is 0 Å². The van der Waals surface area contributed by atoms with Crippen LogP contribution in [-0.2, 0) is 10.8 Å². The van der Waals surface area contributed by atoms with Gasteiger partial charge in [0.15, 0.2) is 34.9 Å². The minimum absolute atomic E-state index is 0.106. The van der Waals surface area contributed by atoms with Gasteiger partial charge >= 0.3 is 0 Å². The molecule has 4 heterocycles. The molecule has 17 aromatic rings. The van der Waals surface area contributed by atoms with Crippen molar-refractivity contribution in [3.05, 3.63) is 426 Å². The second-order valence-corrected chi connectivity index (χ2v) is 29.0. The molecule has 2 spiro atoms. The number of para-hydroxylation sites is 2. The van der Waals surface area contributed by atoms with Gasteiger partial charge in [-0.2, -0.15) is 0 Å². The molecular weight excluding hydrogens is 1340 g/mol. The van der Waals surface area contributed by atoms with Crippen LogP contribution in [0.1, 0.15) is 68.2 Å². The Labute approximate surface area is 636 Å². The molecular formula is C102H64N6O2. The van der Waals surface area contributed by atoms with E-state index in [2.05, 4.69) is 352 Å². The van der Waals surface area contributed by atoms with Crippen molar-refractivity contribution in [2.75, 3.05) is 0 Å². The van der Waals surface area contributed by atoms with Crippen LogP contribution in [0.3, 0.4) is 0 Å². The van der Waals surface area contributed by atoms with E-state index in [9.17, 15) is 0 Å². The smallest absolute Gasteiger partial charge is 0.164 e. The van der Waals surface area contributed by atoms with Crippen molar-refractivity contribution in [3.8, 4) is 136 Å². The van der Waals surface area contributed by atoms with Gasteiger partial charge < -0.3 is 9.47 Å². The summed E-state index contributed by atoms with van der Waals surface area (Å²) in [7, 11) is 0. The molecule has 2 aromatic heterocycles. The summed E-state index contributed by atoms with van der Waals surface area (Å²) in [6, 6.07) is 125. The molecule has 1 unspecified atom stereocenters. The summed E-state index contributed by atoms with van der Waals surface area (Å²) in [5.74, 6) is 7.13. The van der Waals surface area contributed by atoms with Gasteiger partial charge in [0.1, 0.15) is 23.0 Å². The van der Waals surface area contributed by atoms with Gasteiger partial charge in [-0.3, -0.25) is 0 Å². The number of aromatic nitrogens is 6. The lowest BCUT2D eigenvalue weighted by Crippen LogP contribution is -2.32. The molecule has 5 aliphatic rings. The van der Waals surface area contributed by atoms with E-state index in [4.69, 9.17) is 39.4 Å². The van der Waals surface area contributed by atoms with Gasteiger partial charge in [-0.05, 0) is 137 Å². The molecule has 0 radical (unpaired) electrons. The molecule has 0 amide bonds. The van der Waals surface area contributed by atoms with Crippen LogP contribution in [0.2, 0.25) is 0 Å². The standard InChI is InChI=1S/C102H64N6O2/c1-2-22-67(23-3-1)95-103-96(105-97(104-95)69-50-43-65(44-51-69)73-55-57-89-93(61-73)109-91-39-18-16-37-87(91)101(89)83-33-12-8-28-78(83)79-29-9-13-34-84(79)101)68-48-41-64(42-49-68)72-25-20-26-75(59-72)77-27-6-7-32-82(77)100-107-98(106-99(108-100)76-54-47-63-21-4-5-24-71(63)60-76)70-52-45-66(46-53-70)74-56-58-90-94(62-74)110-92-40-19-17-38-88(92)102(90)85-35-14-10-30-80(85)81-31-11-15-36-86(81)102/h1-43,45-62,65H,44H2. The quantitative estimate of drug-likeness (QED) is 0.134. The van der Waals surface area contributed by atoms with E-state index in [0.717, 1.165) is 129 Å². The molecule has 22 rings (SSSR count). The highest BCUT2D eigenvalue weighted by molar-refractivity contribution is 5.93. The zero-order valence-corrected chi connectivity index (χ0v) is 59.5. The van der Waals surface area contributed by atoms with Crippen LogP contribution >= 0.6 is 0 Å². The summed E-state index contributed by atoms with van der Waals surface area (Å²) in [5.41, 5.74) is 26.5. The van der Waals surface area contributed by atoms with Crippen LogP contribution in [0.25, 0.3) is 129 Å². The lowest BCUT2D eigenvalue weighted by molar-refractivity contribution is 0.435. The molecule has 0 saturated heterocycles. The molecule has 1 atom stereocenters. The van der Waals surface area contributed by atoms with Crippen molar-refractivity contribution in [3.63, 3.8) is 0 Å². The topological polar surface area (TPSA) is 95.8 Å². The second kappa shape index (κ2) is 25.2. The van der Waals surface area contributed by atoms with Crippen LogP contribution < -0.4 is 9.47 Å². The van der Waals surface area contributed by atoms with E-state index in [-0.39, 0.29) is 5.92 Å². The third kappa shape index (κ3) is 9.92. The van der Waals surface area contributed by atoms with Crippen LogP contribution in [-0.4, -0.2) is 29.9 Å². The Balaban J connectivity index is 0.565. The number of nitrogens with zero attached hydrogens (tertiary/aromatic N) is 6. The molecule has 15 aromatic carbocycles. The monoisotopic (exact) mass is 1400 g/mol. The third-order valence-electron chi connectivity index (χ3n) is 23.1. The fraction of sp³-hybridized carbons (Fsp3) is 0.0392. The third-order valence-corrected chi connectivity index (χ3v) is 23.1. The van der Waals surface area contributed by atoms with Gasteiger partial charge in [0.25, 0.3) is 0 Å². The Morgan fingerprint density at radius 2 is 0.627 bits per heavy atom. The summed E-state index contributed by atoms with van der Waals surface area (Å²) in [4.78, 5) is 31.6. The first-order valence-corrected chi connectivity index (χ1v) is 37.6. The highest BCUT2D eigenvalue weighted by atomic mass is 16.5. The van der Waals surface area contributed by atoms with Gasteiger partial charge in [-0.1, -0.05) is 334 Å². The minimum Gasteiger partial charge on any atom is -0.457 e. The maximum absolute atomic E-state index is 6.91. The fourth-order valence-corrected chi connectivity index (χ4v) is 18.0. The molecule has 514 valence electrons. The molecule has 0 saturated carbocycles. The first-order chi connectivity index (χ1) is 54.5. The van der Waals surface area contributed by atoms with E-state index in [1.807, 2.05) is 18.2 Å². The first-order valence-electron chi connectivity index (χ1n) is 37.6. The molecule has 2 aliphatic heterocycles. The SMILES string of the molecule is C1=CC(c2ccc3c(c2)Oc2ccccc2C32c3ccccc3-c3ccccc32)CC=C1c1nc(-c2ccccc2)nc(-c2ccc(-c3cccc(-c4ccccc4-c4nc(-c5ccc(-c6ccc7c(c6)Oc6ccccc6C76c7ccccc7-c7ccccc76)cc5)nc(-c5ccc6ccccc6c5)n4)c3)cc2)n1. The highest BCUT2D eigenvalue weighted by Gasteiger charge is 2.53. The number of fused-ring (bicyclic) bond motifs is 19. The van der Waals surface area contributed by atoms with Crippen molar-refractivity contribution >= 4 is 16.3 Å². The zero-order valence-electron chi connectivity index (χ0n) is 59.5. The lowest BCUT2D eigenvalue weighted by atomic mass is 9.66. The molecule has 8 heteroatoms. The largest absolute Gasteiger partial charge is 0.457 e. The summed E-state index contributed by atoms with van der Waals surface area (Å²) in [6.45, 7) is 0. The Hall–Kier alpha value is -14.3. The normalized spacial score (nSPS) is 14.5. The van der Waals surface area contributed by atoms with Gasteiger partial charge in [0, 0.05) is 61.6 Å². The van der Waals surface area contributed by atoms with Crippen LogP contribution in [0, 0.1) is 0 Å². The summed E-state index contributed by atoms with van der Waals surface area (Å²) in [6.07, 6.45) is 7.49. The number of allylic oxidation sites excluding steroid dienone is 4. The average Bonchev–Trinajstić information content (AvgIpc) is 1.52. The number of ether oxygens (including phenoxy) is 2. The van der Waals surface area contributed by atoms with Crippen molar-refractivity contribution in [2.45, 2.75) is 23.2 Å². The maximum atomic E-state index is 6.91. The molecule has 0 bridgehead atoms. The highest BCUT2D eigenvalue weighted by Crippen LogP contribution is 2.64. The van der Waals surface area contributed by atoms with E-state index in [1.54, 1.807) is 0 Å². The van der Waals surface area contributed by atoms with Crippen LogP contribution in [0.15, 0.2) is 370 Å². The second-order valence-electron chi connectivity index (χ2n) is 29.0. The number of hydrogen-bond donors (Lipinski definition) is 0. The minimum atomic E-state index is -0.534. The van der Waals surface area contributed by atoms with Crippen LogP contribution in [0.4, 0.5) is 0 Å². The Morgan fingerprint density at radius 3 is 1.19 bits per heavy atom. The molecule has 8 nitrogen and oxygen atoms in total. The summed E-state index contributed by atoms with van der Waals surface area (Å²) >= 11 is 0. The van der Waals surface area contributed by atoms with Gasteiger partial charge in [0.2, 0.25) is 0 Å². The van der Waals surface area contributed by atoms with Gasteiger partial charge in [-0.15, -0.1) is 0 Å². The Kier molecular flexibility index (Phi) is 14.4. The summed E-state index contributed by atoms with van der Waals surface area (Å²) in [5, 5.41) is 2.25. The Bertz CT molecular complexity index is 6630. The molecule has 0 fully saturated rings. The lowest BCUT2D eigenvalue weighted by Gasteiger charge is -2.39. The van der Waals surface area contributed by atoms with Gasteiger partial charge in [0.05, 0.1) is 10.8 Å². The van der Waals surface area contributed by atoms with Crippen molar-refractivity contribution < 1.29 is 9.47 Å². The molecule has 110 heavy (non-hydrogen) atoms. The van der Waals surface area contributed by atoms with E-state index < -0.39 is 10.8 Å². The number of hydrogen-bond acceptors (Lipinski definition) is 8. The fourth-order valence-electron chi connectivity index (χ4n) is 18.0. The average molecular weight is 1410 g/mol. The van der Waals surface area contributed by atoms with E-state index in [0.29, 0.717) is 34.9 Å².